The second-order valence-electron chi connectivity index (χ2n) is 22.0. The molecule has 0 bridgehead atoms. The van der Waals surface area contributed by atoms with Crippen LogP contribution in [-0.2, 0) is 0 Å². The summed E-state index contributed by atoms with van der Waals surface area (Å²) in [4.78, 5) is 5.20. The molecule has 386 valence electrons. The third-order valence-corrected chi connectivity index (χ3v) is 17.5. The highest BCUT2D eigenvalue weighted by Gasteiger charge is 2.45. The van der Waals surface area contributed by atoms with E-state index in [9.17, 15) is 0 Å². The summed E-state index contributed by atoms with van der Waals surface area (Å²) in [7, 11) is 0. The van der Waals surface area contributed by atoms with E-state index in [0.717, 1.165) is 67.4 Å². The Morgan fingerprint density at radius 1 is 0.229 bits per heavy atom. The van der Waals surface area contributed by atoms with E-state index in [0.29, 0.717) is 0 Å². The van der Waals surface area contributed by atoms with Gasteiger partial charge in [-0.1, -0.05) is 231 Å². The molecular formula is C78H51BN4. The molecule has 0 saturated heterocycles. The number of hydrogen-bond acceptors (Lipinski definition) is 2. The van der Waals surface area contributed by atoms with E-state index in [2.05, 4.69) is 328 Å². The summed E-state index contributed by atoms with van der Waals surface area (Å²) < 4.78 is 5.00. The second-order valence-corrected chi connectivity index (χ2v) is 22.0. The Balaban J connectivity index is 1.02. The van der Waals surface area contributed by atoms with Crippen LogP contribution in [0.15, 0.2) is 309 Å². The van der Waals surface area contributed by atoms with Crippen LogP contribution in [-0.4, -0.2) is 15.8 Å². The standard InChI is InChI=1S/C78H51BN4/c1-5-21-52(22-6-1)56-39-42-60(43-40-56)83-75-51-63(82-69-36-16-13-33-64(69)65-34-14-17-37-70(65)82)50-74-77(75)79(67-44-41-59(55-27-11-4-12-28-55)49-73(67)81(74)62-32-20-30-58(48-62)54-25-9-3-10-26-54)68-45-46-72-76(78(68)83)66-35-15-18-38-71(66)80(72)61-31-19-29-57(47-61)53-23-7-2-8-24-53/h1-51H. The molecule has 0 atom stereocenters. The van der Waals surface area contributed by atoms with E-state index in [1.165, 1.54) is 82.6 Å². The molecule has 4 nitrogen and oxygen atoms in total. The fraction of sp³-hybridized carbons (Fsp3) is 0. The van der Waals surface area contributed by atoms with E-state index < -0.39 is 0 Å². The van der Waals surface area contributed by atoms with Gasteiger partial charge in [-0.2, -0.15) is 0 Å². The number of para-hydroxylation sites is 3. The molecular weight excluding hydrogens is 1000 g/mol. The summed E-state index contributed by atoms with van der Waals surface area (Å²) in [6.07, 6.45) is 0. The Kier molecular flexibility index (Phi) is 10.7. The molecule has 4 heterocycles. The Morgan fingerprint density at radius 3 is 1.24 bits per heavy atom. The van der Waals surface area contributed by atoms with Gasteiger partial charge in [-0.25, -0.2) is 0 Å². The first-order valence-corrected chi connectivity index (χ1v) is 28.7. The highest BCUT2D eigenvalue weighted by Crippen LogP contribution is 2.51. The lowest BCUT2D eigenvalue weighted by Crippen LogP contribution is -2.61. The number of aromatic nitrogens is 2. The molecule has 5 heteroatoms. The van der Waals surface area contributed by atoms with Crippen LogP contribution in [0.4, 0.5) is 34.1 Å². The van der Waals surface area contributed by atoms with Crippen LogP contribution >= 0.6 is 0 Å². The second kappa shape index (κ2) is 18.9. The molecule has 2 aromatic heterocycles. The van der Waals surface area contributed by atoms with Crippen LogP contribution in [0.5, 0.6) is 0 Å². The Bertz CT molecular complexity index is 4970. The van der Waals surface area contributed by atoms with Crippen molar-refractivity contribution >= 4 is 101 Å². The van der Waals surface area contributed by atoms with Gasteiger partial charge in [0.2, 0.25) is 0 Å². The summed E-state index contributed by atoms with van der Waals surface area (Å²) in [6, 6.07) is 115. The van der Waals surface area contributed by atoms with Crippen molar-refractivity contribution in [2.75, 3.05) is 9.80 Å². The molecule has 2 aliphatic rings. The molecule has 0 unspecified atom stereocenters. The van der Waals surface area contributed by atoms with E-state index in [1.807, 2.05) is 0 Å². The van der Waals surface area contributed by atoms with Gasteiger partial charge in [0, 0.05) is 55.7 Å². The maximum atomic E-state index is 2.62. The molecule has 13 aromatic carbocycles. The van der Waals surface area contributed by atoms with Crippen molar-refractivity contribution in [1.82, 2.24) is 9.13 Å². The maximum Gasteiger partial charge on any atom is 0.252 e. The Labute approximate surface area is 482 Å². The zero-order chi connectivity index (χ0) is 54.5. The number of rotatable bonds is 8. The van der Waals surface area contributed by atoms with Crippen LogP contribution in [0, 0.1) is 0 Å². The predicted molar refractivity (Wildman–Crippen MR) is 351 cm³/mol. The molecule has 0 amide bonds. The fourth-order valence-electron chi connectivity index (χ4n) is 13.8. The molecule has 17 rings (SSSR count). The van der Waals surface area contributed by atoms with Crippen molar-refractivity contribution in [3.63, 3.8) is 0 Å². The van der Waals surface area contributed by atoms with Crippen LogP contribution in [0.2, 0.25) is 0 Å². The lowest BCUT2D eigenvalue weighted by Gasteiger charge is -2.45. The fourth-order valence-corrected chi connectivity index (χ4v) is 13.8. The predicted octanol–water partition coefficient (Wildman–Crippen LogP) is 18.6. The summed E-state index contributed by atoms with van der Waals surface area (Å²) in [5.74, 6) is 0. The van der Waals surface area contributed by atoms with Gasteiger partial charge in [-0.05, 0) is 140 Å². The quantitative estimate of drug-likeness (QED) is 0.141. The topological polar surface area (TPSA) is 16.3 Å². The van der Waals surface area contributed by atoms with E-state index in [-0.39, 0.29) is 6.71 Å². The number of anilines is 6. The highest BCUT2D eigenvalue weighted by atomic mass is 15.2. The van der Waals surface area contributed by atoms with Gasteiger partial charge in [0.15, 0.2) is 0 Å². The SMILES string of the molecule is c1ccc(-c2ccc(N3c4cc(-n5c6ccccc6c6ccccc65)cc5c4B(c4ccc(-c6ccccc6)cc4N5c4cccc(-c5ccccc5)c4)c4ccc5c(c43)c3ccccc3n5-c3cccc(-c4ccccc4)c3)cc2)cc1. The van der Waals surface area contributed by atoms with Crippen LogP contribution in [0.3, 0.4) is 0 Å². The summed E-state index contributed by atoms with van der Waals surface area (Å²) >= 11 is 0. The first-order chi connectivity index (χ1) is 41.2. The molecule has 0 N–H and O–H groups in total. The van der Waals surface area contributed by atoms with E-state index in [1.54, 1.807) is 0 Å². The van der Waals surface area contributed by atoms with Crippen molar-refractivity contribution in [3.8, 4) is 55.9 Å². The lowest BCUT2D eigenvalue weighted by atomic mass is 9.33. The van der Waals surface area contributed by atoms with Gasteiger partial charge in [-0.15, -0.1) is 0 Å². The number of hydrogen-bond donors (Lipinski definition) is 0. The van der Waals surface area contributed by atoms with Crippen molar-refractivity contribution < 1.29 is 0 Å². The van der Waals surface area contributed by atoms with E-state index in [4.69, 9.17) is 0 Å². The van der Waals surface area contributed by atoms with Gasteiger partial charge in [-0.3, -0.25) is 0 Å². The zero-order valence-corrected chi connectivity index (χ0v) is 45.3. The maximum absolute atomic E-state index is 2.62. The Hall–Kier alpha value is -10.9. The van der Waals surface area contributed by atoms with Gasteiger partial charge in [0.25, 0.3) is 6.71 Å². The van der Waals surface area contributed by atoms with Crippen molar-refractivity contribution in [3.05, 3.63) is 309 Å². The largest absolute Gasteiger partial charge is 0.311 e. The number of benzene rings is 13. The third-order valence-electron chi connectivity index (χ3n) is 17.5. The van der Waals surface area contributed by atoms with Crippen molar-refractivity contribution in [2.24, 2.45) is 0 Å². The van der Waals surface area contributed by atoms with E-state index >= 15 is 0 Å². The van der Waals surface area contributed by atoms with Crippen molar-refractivity contribution in [1.29, 1.82) is 0 Å². The average Bonchev–Trinajstić information content (AvgIpc) is 2.23. The monoisotopic (exact) mass is 1050 g/mol. The highest BCUT2D eigenvalue weighted by molar-refractivity contribution is 7.00. The molecule has 83 heavy (non-hydrogen) atoms. The average molecular weight is 1060 g/mol. The molecule has 0 radical (unpaired) electrons. The van der Waals surface area contributed by atoms with Crippen LogP contribution in [0.1, 0.15) is 0 Å². The smallest absolute Gasteiger partial charge is 0.252 e. The molecule has 0 aliphatic carbocycles. The van der Waals surface area contributed by atoms with Gasteiger partial charge >= 0.3 is 0 Å². The van der Waals surface area contributed by atoms with Gasteiger partial charge in [0.1, 0.15) is 0 Å². The minimum absolute atomic E-state index is 0.150. The molecule has 0 fully saturated rings. The summed E-state index contributed by atoms with van der Waals surface area (Å²) in [5, 5.41) is 4.86. The molecule has 0 saturated carbocycles. The first-order valence-electron chi connectivity index (χ1n) is 28.7. The van der Waals surface area contributed by atoms with Crippen LogP contribution < -0.4 is 26.2 Å². The minimum Gasteiger partial charge on any atom is -0.311 e. The summed E-state index contributed by atoms with van der Waals surface area (Å²) in [6.45, 7) is -0.150. The van der Waals surface area contributed by atoms with Crippen molar-refractivity contribution in [2.45, 2.75) is 0 Å². The number of nitrogens with zero attached hydrogens (tertiary/aromatic N) is 4. The van der Waals surface area contributed by atoms with Gasteiger partial charge < -0.3 is 18.9 Å². The minimum atomic E-state index is -0.150. The normalized spacial score (nSPS) is 12.5. The molecule has 15 aromatic rings. The molecule has 2 aliphatic heterocycles. The zero-order valence-electron chi connectivity index (χ0n) is 45.3. The number of fused-ring (bicyclic) bond motifs is 11. The lowest BCUT2D eigenvalue weighted by molar-refractivity contribution is 1.16. The molecule has 0 spiro atoms. The van der Waals surface area contributed by atoms with Crippen LogP contribution in [0.25, 0.3) is 99.5 Å². The summed E-state index contributed by atoms with van der Waals surface area (Å²) in [5.41, 5.74) is 26.9. The Morgan fingerprint density at radius 2 is 0.651 bits per heavy atom. The van der Waals surface area contributed by atoms with Gasteiger partial charge in [0.05, 0.1) is 33.4 Å². The first kappa shape index (κ1) is 47.0. The third kappa shape index (κ3) is 7.41.